The lowest BCUT2D eigenvalue weighted by molar-refractivity contribution is -0.117. The van der Waals surface area contributed by atoms with Crippen LogP contribution in [0.2, 0.25) is 0 Å². The van der Waals surface area contributed by atoms with Crippen LogP contribution in [0.15, 0.2) is 42.5 Å². The molecule has 1 amide bonds. The average molecular weight is 378 g/mol. The van der Waals surface area contributed by atoms with Crippen molar-refractivity contribution in [3.05, 3.63) is 62.7 Å². The van der Waals surface area contributed by atoms with E-state index >= 15 is 0 Å². The van der Waals surface area contributed by atoms with Crippen molar-refractivity contribution < 1.29 is 4.79 Å². The first-order valence-electron chi connectivity index (χ1n) is 6.46. The molecule has 1 aliphatic rings. The number of halogens is 1. The summed E-state index contributed by atoms with van der Waals surface area (Å²) in [5.41, 5.74) is 10.5. The van der Waals surface area contributed by atoms with E-state index < -0.39 is 0 Å². The standard InChI is InChI=1S/C16H15IN2O/c1-19-14-7-4-11(8-12(14)9-15(19)20)16(18)10-2-5-13(17)6-3-10/h2-8,16H,9,18H2,1H3. The number of rotatable bonds is 2. The second kappa shape index (κ2) is 5.18. The van der Waals surface area contributed by atoms with E-state index in [0.29, 0.717) is 6.42 Å². The van der Waals surface area contributed by atoms with Gasteiger partial charge in [0.1, 0.15) is 0 Å². The highest BCUT2D eigenvalue weighted by Gasteiger charge is 2.24. The number of amides is 1. The number of carbonyl (C=O) groups excluding carboxylic acids is 1. The van der Waals surface area contributed by atoms with Crippen LogP contribution in [-0.4, -0.2) is 13.0 Å². The van der Waals surface area contributed by atoms with E-state index in [1.54, 1.807) is 4.90 Å². The maximum absolute atomic E-state index is 11.7. The van der Waals surface area contributed by atoms with E-state index in [0.717, 1.165) is 22.4 Å². The van der Waals surface area contributed by atoms with Crippen LogP contribution in [0, 0.1) is 3.57 Å². The molecular weight excluding hydrogens is 363 g/mol. The Balaban J connectivity index is 1.94. The molecule has 1 unspecified atom stereocenters. The Bertz CT molecular complexity index is 667. The second-order valence-electron chi connectivity index (χ2n) is 5.05. The summed E-state index contributed by atoms with van der Waals surface area (Å²) in [6.45, 7) is 0. The Morgan fingerprint density at radius 1 is 1.15 bits per heavy atom. The monoisotopic (exact) mass is 378 g/mol. The van der Waals surface area contributed by atoms with Gasteiger partial charge in [-0.1, -0.05) is 24.3 Å². The lowest BCUT2D eigenvalue weighted by atomic mass is 9.97. The summed E-state index contributed by atoms with van der Waals surface area (Å²) in [6.07, 6.45) is 0.471. The normalized spacial score (nSPS) is 15.3. The number of benzene rings is 2. The van der Waals surface area contributed by atoms with Crippen LogP contribution < -0.4 is 10.6 Å². The van der Waals surface area contributed by atoms with Gasteiger partial charge in [-0.25, -0.2) is 0 Å². The smallest absolute Gasteiger partial charge is 0.231 e. The summed E-state index contributed by atoms with van der Waals surface area (Å²) < 4.78 is 1.19. The van der Waals surface area contributed by atoms with Crippen LogP contribution >= 0.6 is 22.6 Å². The van der Waals surface area contributed by atoms with E-state index in [2.05, 4.69) is 52.9 Å². The highest BCUT2D eigenvalue weighted by molar-refractivity contribution is 14.1. The number of fused-ring (bicyclic) bond motifs is 1. The van der Waals surface area contributed by atoms with Crippen molar-refractivity contribution in [1.82, 2.24) is 0 Å². The fourth-order valence-electron chi connectivity index (χ4n) is 2.55. The molecule has 20 heavy (non-hydrogen) atoms. The lowest BCUT2D eigenvalue weighted by Gasteiger charge is -2.15. The number of carbonyl (C=O) groups is 1. The number of nitrogens with zero attached hydrogens (tertiary/aromatic N) is 1. The average Bonchev–Trinajstić information content (AvgIpc) is 2.74. The lowest BCUT2D eigenvalue weighted by Crippen LogP contribution is -2.20. The Morgan fingerprint density at radius 3 is 2.50 bits per heavy atom. The molecular formula is C16H15IN2O. The van der Waals surface area contributed by atoms with Crippen molar-refractivity contribution in [2.45, 2.75) is 12.5 Å². The van der Waals surface area contributed by atoms with Gasteiger partial charge in [0.15, 0.2) is 0 Å². The van der Waals surface area contributed by atoms with Crippen LogP contribution in [0.1, 0.15) is 22.7 Å². The number of hydrogen-bond donors (Lipinski definition) is 1. The van der Waals surface area contributed by atoms with E-state index in [-0.39, 0.29) is 11.9 Å². The molecule has 0 radical (unpaired) electrons. The third kappa shape index (κ3) is 2.33. The molecule has 0 bridgehead atoms. The van der Waals surface area contributed by atoms with E-state index in [1.807, 2.05) is 19.2 Å². The minimum Gasteiger partial charge on any atom is -0.320 e. The van der Waals surface area contributed by atoms with Gasteiger partial charge in [-0.3, -0.25) is 4.79 Å². The highest BCUT2D eigenvalue weighted by Crippen LogP contribution is 2.31. The predicted molar refractivity (Wildman–Crippen MR) is 88.7 cm³/mol. The van der Waals surface area contributed by atoms with Gasteiger partial charge in [-0.05, 0) is 57.5 Å². The first kappa shape index (κ1) is 13.6. The Labute approximate surface area is 131 Å². The number of hydrogen-bond acceptors (Lipinski definition) is 2. The van der Waals surface area contributed by atoms with Gasteiger partial charge in [0.2, 0.25) is 5.91 Å². The number of likely N-dealkylation sites (N-methyl/N-ethyl adjacent to an activating group) is 1. The summed E-state index contributed by atoms with van der Waals surface area (Å²) in [6, 6.07) is 14.1. The Morgan fingerprint density at radius 2 is 1.80 bits per heavy atom. The predicted octanol–water partition coefficient (Wildman–Crippen LogP) is 2.86. The summed E-state index contributed by atoms with van der Waals surface area (Å²) in [5, 5.41) is 0. The van der Waals surface area contributed by atoms with Gasteiger partial charge in [0, 0.05) is 16.3 Å². The largest absolute Gasteiger partial charge is 0.320 e. The van der Waals surface area contributed by atoms with Crippen molar-refractivity contribution >= 4 is 34.2 Å². The molecule has 2 N–H and O–H groups in total. The van der Waals surface area contributed by atoms with E-state index in [9.17, 15) is 4.79 Å². The Hall–Kier alpha value is -1.40. The minimum atomic E-state index is -0.154. The fraction of sp³-hybridized carbons (Fsp3) is 0.188. The first-order valence-corrected chi connectivity index (χ1v) is 7.54. The number of anilines is 1. The van der Waals surface area contributed by atoms with Crippen LogP contribution in [0.25, 0.3) is 0 Å². The fourth-order valence-corrected chi connectivity index (χ4v) is 2.91. The SMILES string of the molecule is CN1C(=O)Cc2cc(C(N)c3ccc(I)cc3)ccc21. The van der Waals surface area contributed by atoms with E-state index in [4.69, 9.17) is 5.73 Å². The topological polar surface area (TPSA) is 46.3 Å². The zero-order valence-corrected chi connectivity index (χ0v) is 13.3. The van der Waals surface area contributed by atoms with Crippen LogP contribution in [-0.2, 0) is 11.2 Å². The molecule has 0 aliphatic carbocycles. The minimum absolute atomic E-state index is 0.139. The molecule has 102 valence electrons. The second-order valence-corrected chi connectivity index (χ2v) is 6.29. The zero-order valence-electron chi connectivity index (χ0n) is 11.1. The van der Waals surface area contributed by atoms with Gasteiger partial charge < -0.3 is 10.6 Å². The van der Waals surface area contributed by atoms with Crippen molar-refractivity contribution in [3.8, 4) is 0 Å². The van der Waals surface area contributed by atoms with Crippen molar-refractivity contribution in [2.75, 3.05) is 11.9 Å². The third-order valence-corrected chi connectivity index (χ3v) is 4.49. The number of nitrogens with two attached hydrogens (primary N) is 1. The summed E-state index contributed by atoms with van der Waals surface area (Å²) in [7, 11) is 1.81. The summed E-state index contributed by atoms with van der Waals surface area (Å²) in [5.74, 6) is 0.139. The molecule has 1 heterocycles. The molecule has 3 rings (SSSR count). The molecule has 0 spiro atoms. The van der Waals surface area contributed by atoms with Gasteiger partial charge in [-0.2, -0.15) is 0 Å². The molecule has 2 aromatic rings. The van der Waals surface area contributed by atoms with Gasteiger partial charge in [0.25, 0.3) is 0 Å². The quantitative estimate of drug-likeness (QED) is 0.817. The Kier molecular flexibility index (Phi) is 3.52. The third-order valence-electron chi connectivity index (χ3n) is 3.77. The molecule has 1 aliphatic heterocycles. The van der Waals surface area contributed by atoms with Crippen molar-refractivity contribution in [3.63, 3.8) is 0 Å². The van der Waals surface area contributed by atoms with Gasteiger partial charge in [-0.15, -0.1) is 0 Å². The van der Waals surface area contributed by atoms with Gasteiger partial charge in [0.05, 0.1) is 12.5 Å². The highest BCUT2D eigenvalue weighted by atomic mass is 127. The molecule has 0 aromatic heterocycles. The molecule has 0 fully saturated rings. The summed E-state index contributed by atoms with van der Waals surface area (Å²) in [4.78, 5) is 13.4. The zero-order chi connectivity index (χ0) is 14.3. The summed E-state index contributed by atoms with van der Waals surface area (Å²) >= 11 is 2.28. The molecule has 2 aromatic carbocycles. The molecule has 3 nitrogen and oxygen atoms in total. The van der Waals surface area contributed by atoms with Crippen molar-refractivity contribution in [1.29, 1.82) is 0 Å². The van der Waals surface area contributed by atoms with Crippen LogP contribution in [0.5, 0.6) is 0 Å². The first-order chi connectivity index (χ1) is 9.56. The molecule has 4 heteroatoms. The molecule has 0 saturated heterocycles. The van der Waals surface area contributed by atoms with E-state index in [1.165, 1.54) is 3.57 Å². The molecule has 0 saturated carbocycles. The molecule has 1 atom stereocenters. The van der Waals surface area contributed by atoms with Crippen LogP contribution in [0.3, 0.4) is 0 Å². The van der Waals surface area contributed by atoms with Crippen molar-refractivity contribution in [2.24, 2.45) is 5.73 Å². The maximum Gasteiger partial charge on any atom is 0.231 e. The van der Waals surface area contributed by atoms with Crippen LogP contribution in [0.4, 0.5) is 5.69 Å². The van der Waals surface area contributed by atoms with Gasteiger partial charge >= 0.3 is 0 Å². The maximum atomic E-state index is 11.7.